The van der Waals surface area contributed by atoms with Crippen LogP contribution in [0.2, 0.25) is 0 Å². The number of aliphatic hydroxyl groups excluding tert-OH is 1. The van der Waals surface area contributed by atoms with Crippen molar-refractivity contribution in [3.63, 3.8) is 0 Å². The third-order valence-corrected chi connectivity index (χ3v) is 4.78. The summed E-state index contributed by atoms with van der Waals surface area (Å²) >= 11 is 0. The highest BCUT2D eigenvalue weighted by Crippen LogP contribution is 2.33. The van der Waals surface area contributed by atoms with Gasteiger partial charge in [-0.3, -0.25) is 4.90 Å². The molecule has 1 aromatic carbocycles. The SMILES string of the molecule is CCC(C)(C)OC[C@@H](O)CN1CCc2cc(OC)c(OC)cc2C1. The molecule has 1 aromatic rings. The van der Waals surface area contributed by atoms with Crippen molar-refractivity contribution in [3.8, 4) is 11.5 Å². The topological polar surface area (TPSA) is 51.2 Å². The van der Waals surface area contributed by atoms with Crippen molar-refractivity contribution >= 4 is 0 Å². The number of hydrogen-bond donors (Lipinski definition) is 1. The number of fused-ring (bicyclic) bond motifs is 1. The highest BCUT2D eigenvalue weighted by molar-refractivity contribution is 5.48. The molecule has 0 unspecified atom stereocenters. The van der Waals surface area contributed by atoms with Gasteiger partial charge < -0.3 is 19.3 Å². The Morgan fingerprint density at radius 1 is 1.17 bits per heavy atom. The first kappa shape index (κ1) is 19.0. The Balaban J connectivity index is 1.95. The minimum absolute atomic E-state index is 0.181. The Bertz CT molecular complexity index is 544. The van der Waals surface area contributed by atoms with Crippen LogP contribution in [-0.4, -0.2) is 55.6 Å². The van der Waals surface area contributed by atoms with Crippen molar-refractivity contribution in [2.45, 2.75) is 51.9 Å². The van der Waals surface area contributed by atoms with E-state index in [-0.39, 0.29) is 5.60 Å². The molecule has 0 bridgehead atoms. The number of hydrogen-bond acceptors (Lipinski definition) is 5. The molecule has 0 aliphatic carbocycles. The van der Waals surface area contributed by atoms with Gasteiger partial charge in [-0.2, -0.15) is 0 Å². The van der Waals surface area contributed by atoms with E-state index in [4.69, 9.17) is 14.2 Å². The molecule has 0 radical (unpaired) electrons. The summed E-state index contributed by atoms with van der Waals surface area (Å²) in [4.78, 5) is 2.27. The number of nitrogens with zero attached hydrogens (tertiary/aromatic N) is 1. The summed E-state index contributed by atoms with van der Waals surface area (Å²) < 4.78 is 16.6. The van der Waals surface area contributed by atoms with E-state index in [0.717, 1.165) is 37.4 Å². The van der Waals surface area contributed by atoms with E-state index in [1.54, 1.807) is 14.2 Å². The fourth-order valence-corrected chi connectivity index (χ4v) is 2.87. The molecule has 24 heavy (non-hydrogen) atoms. The summed E-state index contributed by atoms with van der Waals surface area (Å²) in [6.45, 7) is 8.92. The molecule has 5 heteroatoms. The Morgan fingerprint density at radius 3 is 2.38 bits per heavy atom. The van der Waals surface area contributed by atoms with Gasteiger partial charge in [-0.05, 0) is 49.9 Å². The van der Waals surface area contributed by atoms with E-state index < -0.39 is 6.10 Å². The lowest BCUT2D eigenvalue weighted by molar-refractivity contribution is -0.0679. The summed E-state index contributed by atoms with van der Waals surface area (Å²) in [5.41, 5.74) is 2.35. The maximum atomic E-state index is 10.3. The number of ether oxygens (including phenoxy) is 3. The summed E-state index contributed by atoms with van der Waals surface area (Å²) in [6, 6.07) is 4.11. The zero-order valence-electron chi connectivity index (χ0n) is 15.6. The van der Waals surface area contributed by atoms with Crippen LogP contribution >= 0.6 is 0 Å². The van der Waals surface area contributed by atoms with Crippen LogP contribution in [-0.2, 0) is 17.7 Å². The third kappa shape index (κ3) is 4.85. The fraction of sp³-hybridized carbons (Fsp3) is 0.684. The lowest BCUT2D eigenvalue weighted by Crippen LogP contribution is -2.39. The van der Waals surface area contributed by atoms with Gasteiger partial charge in [0.25, 0.3) is 0 Å². The molecule has 1 aliphatic heterocycles. The lowest BCUT2D eigenvalue weighted by atomic mass is 9.98. The molecular weight excluding hydrogens is 306 g/mol. The molecule has 2 rings (SSSR count). The summed E-state index contributed by atoms with van der Waals surface area (Å²) in [5, 5.41) is 10.3. The first-order valence-corrected chi connectivity index (χ1v) is 8.66. The molecule has 0 amide bonds. The van der Waals surface area contributed by atoms with E-state index in [9.17, 15) is 5.11 Å². The fourth-order valence-electron chi connectivity index (χ4n) is 2.87. The predicted molar refractivity (Wildman–Crippen MR) is 94.9 cm³/mol. The van der Waals surface area contributed by atoms with Crippen LogP contribution in [0, 0.1) is 0 Å². The maximum absolute atomic E-state index is 10.3. The molecule has 136 valence electrons. The average molecular weight is 337 g/mol. The van der Waals surface area contributed by atoms with E-state index in [2.05, 4.69) is 31.7 Å². The number of aliphatic hydroxyl groups is 1. The maximum Gasteiger partial charge on any atom is 0.161 e. The smallest absolute Gasteiger partial charge is 0.161 e. The first-order valence-electron chi connectivity index (χ1n) is 8.66. The Hall–Kier alpha value is -1.30. The number of β-amino-alcohol motifs (C(OH)–C–C–N with tert-alkyl or cyclic N) is 1. The van der Waals surface area contributed by atoms with Gasteiger partial charge in [0, 0.05) is 19.6 Å². The van der Waals surface area contributed by atoms with Crippen molar-refractivity contribution in [3.05, 3.63) is 23.3 Å². The summed E-state index contributed by atoms with van der Waals surface area (Å²) in [6.07, 6.45) is 1.40. The van der Waals surface area contributed by atoms with E-state index in [0.29, 0.717) is 13.2 Å². The molecule has 1 N–H and O–H groups in total. The molecule has 0 spiro atoms. The van der Waals surface area contributed by atoms with Crippen LogP contribution in [0.4, 0.5) is 0 Å². The van der Waals surface area contributed by atoms with Gasteiger partial charge in [-0.25, -0.2) is 0 Å². The normalized spacial score (nSPS) is 16.6. The predicted octanol–water partition coefficient (Wildman–Crippen LogP) is 2.63. The molecule has 0 aromatic heterocycles. The molecule has 0 fully saturated rings. The Morgan fingerprint density at radius 2 is 1.79 bits per heavy atom. The minimum Gasteiger partial charge on any atom is -0.493 e. The summed E-state index contributed by atoms with van der Waals surface area (Å²) in [7, 11) is 3.31. The van der Waals surface area contributed by atoms with E-state index in [1.807, 2.05) is 6.07 Å². The van der Waals surface area contributed by atoms with Crippen molar-refractivity contribution in [2.24, 2.45) is 0 Å². The molecular formula is C19H31NO4. The van der Waals surface area contributed by atoms with Crippen LogP contribution in [0.25, 0.3) is 0 Å². The van der Waals surface area contributed by atoms with Crippen LogP contribution < -0.4 is 9.47 Å². The standard InChI is InChI=1S/C19H31NO4/c1-6-19(2,3)24-13-16(21)12-20-8-7-14-9-17(22-4)18(23-5)10-15(14)11-20/h9-10,16,21H,6-8,11-13H2,1-5H3/t16-/m0/s1. The molecule has 1 atom stereocenters. The quantitative estimate of drug-likeness (QED) is 0.790. The van der Waals surface area contributed by atoms with Crippen molar-refractivity contribution in [2.75, 3.05) is 33.9 Å². The minimum atomic E-state index is -0.475. The number of benzene rings is 1. The Kier molecular flexibility index (Phi) is 6.49. The highest BCUT2D eigenvalue weighted by Gasteiger charge is 2.23. The van der Waals surface area contributed by atoms with Crippen LogP contribution in [0.3, 0.4) is 0 Å². The van der Waals surface area contributed by atoms with Gasteiger partial charge in [-0.1, -0.05) is 6.92 Å². The number of methoxy groups -OCH3 is 2. The second-order valence-electron chi connectivity index (χ2n) is 7.04. The second kappa shape index (κ2) is 8.19. The van der Waals surface area contributed by atoms with Gasteiger partial charge in [0.2, 0.25) is 0 Å². The monoisotopic (exact) mass is 337 g/mol. The molecule has 1 heterocycles. The van der Waals surface area contributed by atoms with Gasteiger partial charge in [0.15, 0.2) is 11.5 Å². The lowest BCUT2D eigenvalue weighted by Gasteiger charge is -2.32. The van der Waals surface area contributed by atoms with Crippen LogP contribution in [0.1, 0.15) is 38.3 Å². The highest BCUT2D eigenvalue weighted by atomic mass is 16.5. The van der Waals surface area contributed by atoms with Gasteiger partial charge >= 0.3 is 0 Å². The van der Waals surface area contributed by atoms with E-state index >= 15 is 0 Å². The van der Waals surface area contributed by atoms with E-state index in [1.165, 1.54) is 11.1 Å². The van der Waals surface area contributed by atoms with Crippen LogP contribution in [0.15, 0.2) is 12.1 Å². The van der Waals surface area contributed by atoms with Crippen LogP contribution in [0.5, 0.6) is 11.5 Å². The molecule has 5 nitrogen and oxygen atoms in total. The number of rotatable bonds is 8. The van der Waals surface area contributed by atoms with Gasteiger partial charge in [-0.15, -0.1) is 0 Å². The zero-order valence-corrected chi connectivity index (χ0v) is 15.6. The first-order chi connectivity index (χ1) is 11.4. The van der Waals surface area contributed by atoms with Gasteiger partial charge in [0.1, 0.15) is 0 Å². The Labute approximate surface area is 145 Å². The summed E-state index contributed by atoms with van der Waals surface area (Å²) in [5.74, 6) is 1.53. The van der Waals surface area contributed by atoms with Gasteiger partial charge in [0.05, 0.1) is 32.5 Å². The second-order valence-corrected chi connectivity index (χ2v) is 7.04. The zero-order chi connectivity index (χ0) is 17.7. The molecule has 0 saturated heterocycles. The molecule has 1 aliphatic rings. The largest absolute Gasteiger partial charge is 0.493 e. The van der Waals surface area contributed by atoms with Crippen molar-refractivity contribution < 1.29 is 19.3 Å². The van der Waals surface area contributed by atoms with Crippen molar-refractivity contribution in [1.82, 2.24) is 4.90 Å². The third-order valence-electron chi connectivity index (χ3n) is 4.78. The average Bonchev–Trinajstić information content (AvgIpc) is 2.58. The molecule has 0 saturated carbocycles. The van der Waals surface area contributed by atoms with Crippen molar-refractivity contribution in [1.29, 1.82) is 0 Å².